The van der Waals surface area contributed by atoms with E-state index in [0.29, 0.717) is 18.5 Å². The molecule has 1 aromatic rings. The molecule has 6 nitrogen and oxygen atoms in total. The SMILES string of the molecule is COC(=O)[C@@H]1CCCN1NC(=O)c1ccc(O)cc1. The fourth-order valence-corrected chi connectivity index (χ4v) is 2.09. The number of methoxy groups -OCH3 is 1. The topological polar surface area (TPSA) is 78.9 Å². The van der Waals surface area contributed by atoms with Crippen molar-refractivity contribution in [1.29, 1.82) is 0 Å². The quantitative estimate of drug-likeness (QED) is 0.785. The lowest BCUT2D eigenvalue weighted by Gasteiger charge is -2.22. The molecule has 1 saturated heterocycles. The summed E-state index contributed by atoms with van der Waals surface area (Å²) in [4.78, 5) is 23.5. The van der Waals surface area contributed by atoms with Gasteiger partial charge < -0.3 is 9.84 Å². The standard InChI is InChI=1S/C13H16N2O4/c1-19-13(18)11-3-2-8-15(11)14-12(17)9-4-6-10(16)7-5-9/h4-7,11,16H,2-3,8H2,1H3,(H,14,17)/t11-/m0/s1. The summed E-state index contributed by atoms with van der Waals surface area (Å²) in [5.41, 5.74) is 3.12. The Morgan fingerprint density at radius 2 is 2.05 bits per heavy atom. The molecule has 0 radical (unpaired) electrons. The summed E-state index contributed by atoms with van der Waals surface area (Å²) in [6, 6.07) is 5.50. The molecule has 2 N–H and O–H groups in total. The first kappa shape index (κ1) is 13.4. The van der Waals surface area contributed by atoms with Gasteiger partial charge >= 0.3 is 5.97 Å². The number of phenolic OH excluding ortho intramolecular Hbond substituents is 1. The van der Waals surface area contributed by atoms with Gasteiger partial charge in [0.05, 0.1) is 7.11 Å². The van der Waals surface area contributed by atoms with Crippen LogP contribution in [0.3, 0.4) is 0 Å². The van der Waals surface area contributed by atoms with Crippen molar-refractivity contribution in [3.05, 3.63) is 29.8 Å². The molecular weight excluding hydrogens is 248 g/mol. The molecule has 1 heterocycles. The number of aromatic hydroxyl groups is 1. The summed E-state index contributed by atoms with van der Waals surface area (Å²) in [6.45, 7) is 0.615. The summed E-state index contributed by atoms with van der Waals surface area (Å²) in [6.07, 6.45) is 1.50. The van der Waals surface area contributed by atoms with E-state index in [4.69, 9.17) is 9.84 Å². The number of hydrazine groups is 1. The van der Waals surface area contributed by atoms with Crippen molar-refractivity contribution < 1.29 is 19.4 Å². The fourth-order valence-electron chi connectivity index (χ4n) is 2.09. The van der Waals surface area contributed by atoms with Gasteiger partial charge in [-0.05, 0) is 37.1 Å². The lowest BCUT2D eigenvalue weighted by molar-refractivity contribution is -0.146. The normalized spacial score (nSPS) is 19.1. The molecule has 19 heavy (non-hydrogen) atoms. The zero-order valence-corrected chi connectivity index (χ0v) is 10.6. The van der Waals surface area contributed by atoms with Crippen LogP contribution in [-0.2, 0) is 9.53 Å². The Bertz CT molecular complexity index is 472. The van der Waals surface area contributed by atoms with Gasteiger partial charge in [0.2, 0.25) is 0 Å². The number of esters is 1. The number of ether oxygens (including phenoxy) is 1. The zero-order valence-electron chi connectivity index (χ0n) is 10.6. The Morgan fingerprint density at radius 1 is 1.37 bits per heavy atom. The predicted molar refractivity (Wildman–Crippen MR) is 67.3 cm³/mol. The first-order chi connectivity index (χ1) is 9.11. The van der Waals surface area contributed by atoms with E-state index >= 15 is 0 Å². The van der Waals surface area contributed by atoms with Gasteiger partial charge in [-0.3, -0.25) is 15.0 Å². The van der Waals surface area contributed by atoms with Crippen LogP contribution < -0.4 is 5.43 Å². The molecule has 0 aliphatic carbocycles. The van der Waals surface area contributed by atoms with Crippen molar-refractivity contribution in [2.75, 3.05) is 13.7 Å². The minimum absolute atomic E-state index is 0.102. The number of hydrogen-bond acceptors (Lipinski definition) is 5. The van der Waals surface area contributed by atoms with E-state index < -0.39 is 6.04 Å². The molecule has 1 atom stereocenters. The lowest BCUT2D eigenvalue weighted by Crippen LogP contribution is -2.48. The number of rotatable bonds is 3. The van der Waals surface area contributed by atoms with E-state index in [1.807, 2.05) is 0 Å². The Hall–Kier alpha value is -2.08. The molecule has 0 unspecified atom stereocenters. The summed E-state index contributed by atoms with van der Waals surface area (Å²) in [7, 11) is 1.33. The van der Waals surface area contributed by atoms with Crippen LogP contribution in [-0.4, -0.2) is 41.7 Å². The second-order valence-corrected chi connectivity index (χ2v) is 4.36. The van der Waals surface area contributed by atoms with Crippen LogP contribution in [0.4, 0.5) is 0 Å². The van der Waals surface area contributed by atoms with Gasteiger partial charge in [-0.1, -0.05) is 0 Å². The molecule has 1 amide bonds. The number of phenols is 1. The Labute approximate surface area is 110 Å². The lowest BCUT2D eigenvalue weighted by atomic mass is 10.2. The smallest absolute Gasteiger partial charge is 0.324 e. The molecule has 1 aromatic carbocycles. The van der Waals surface area contributed by atoms with Gasteiger partial charge in [-0.25, -0.2) is 5.01 Å². The number of benzene rings is 1. The van der Waals surface area contributed by atoms with Gasteiger partial charge in [0.1, 0.15) is 11.8 Å². The Balaban J connectivity index is 2.02. The molecule has 102 valence electrons. The van der Waals surface area contributed by atoms with Gasteiger partial charge in [-0.2, -0.15) is 0 Å². The van der Waals surface area contributed by atoms with Crippen LogP contribution in [0, 0.1) is 0 Å². The monoisotopic (exact) mass is 264 g/mol. The van der Waals surface area contributed by atoms with E-state index in [2.05, 4.69) is 5.43 Å². The number of carbonyl (C=O) groups excluding carboxylic acids is 2. The number of nitrogens with one attached hydrogen (secondary N) is 1. The summed E-state index contributed by atoms with van der Waals surface area (Å²) < 4.78 is 4.70. The molecule has 0 saturated carbocycles. The zero-order chi connectivity index (χ0) is 13.8. The average molecular weight is 264 g/mol. The van der Waals surface area contributed by atoms with Gasteiger partial charge in [0.15, 0.2) is 0 Å². The van der Waals surface area contributed by atoms with Gasteiger partial charge in [-0.15, -0.1) is 0 Å². The Kier molecular flexibility index (Phi) is 4.01. The van der Waals surface area contributed by atoms with Gasteiger partial charge in [0.25, 0.3) is 5.91 Å². The van der Waals surface area contributed by atoms with Crippen molar-refractivity contribution in [3.63, 3.8) is 0 Å². The van der Waals surface area contributed by atoms with Crippen LogP contribution >= 0.6 is 0 Å². The van der Waals surface area contributed by atoms with Crippen molar-refractivity contribution in [1.82, 2.24) is 10.4 Å². The van der Waals surface area contributed by atoms with E-state index in [9.17, 15) is 9.59 Å². The molecule has 6 heteroatoms. The molecule has 2 rings (SSSR count). The fraction of sp³-hybridized carbons (Fsp3) is 0.385. The minimum Gasteiger partial charge on any atom is -0.508 e. The molecule has 0 bridgehead atoms. The maximum atomic E-state index is 12.0. The summed E-state index contributed by atoms with van der Waals surface area (Å²) in [5.74, 6) is -0.551. The minimum atomic E-state index is -0.425. The highest BCUT2D eigenvalue weighted by Crippen LogP contribution is 2.17. The van der Waals surface area contributed by atoms with E-state index in [1.165, 1.54) is 31.4 Å². The molecule has 1 aliphatic rings. The highest BCUT2D eigenvalue weighted by molar-refractivity contribution is 5.94. The molecule has 0 spiro atoms. The van der Waals surface area contributed by atoms with Crippen molar-refractivity contribution >= 4 is 11.9 Å². The summed E-state index contributed by atoms with van der Waals surface area (Å²) in [5, 5.41) is 10.8. The predicted octanol–water partition coefficient (Wildman–Crippen LogP) is 0.674. The third-order valence-corrected chi connectivity index (χ3v) is 3.10. The van der Waals surface area contributed by atoms with Crippen LogP contribution in [0.2, 0.25) is 0 Å². The highest BCUT2D eigenvalue weighted by atomic mass is 16.5. The number of carbonyl (C=O) groups is 2. The van der Waals surface area contributed by atoms with Crippen LogP contribution in [0.15, 0.2) is 24.3 Å². The maximum absolute atomic E-state index is 12.0. The van der Waals surface area contributed by atoms with E-state index in [0.717, 1.165) is 6.42 Å². The average Bonchev–Trinajstić information content (AvgIpc) is 2.86. The van der Waals surface area contributed by atoms with Crippen LogP contribution in [0.1, 0.15) is 23.2 Å². The van der Waals surface area contributed by atoms with Crippen molar-refractivity contribution in [3.8, 4) is 5.75 Å². The first-order valence-electron chi connectivity index (χ1n) is 6.06. The molecule has 1 aliphatic heterocycles. The van der Waals surface area contributed by atoms with E-state index in [-0.39, 0.29) is 17.6 Å². The number of amides is 1. The first-order valence-corrected chi connectivity index (χ1v) is 6.06. The maximum Gasteiger partial charge on any atom is 0.324 e. The second-order valence-electron chi connectivity index (χ2n) is 4.36. The Morgan fingerprint density at radius 3 is 2.68 bits per heavy atom. The number of hydrogen-bond donors (Lipinski definition) is 2. The molecular formula is C13H16N2O4. The van der Waals surface area contributed by atoms with Crippen LogP contribution in [0.5, 0.6) is 5.75 Å². The van der Waals surface area contributed by atoms with Gasteiger partial charge in [0, 0.05) is 12.1 Å². The van der Waals surface area contributed by atoms with Crippen molar-refractivity contribution in [2.24, 2.45) is 0 Å². The van der Waals surface area contributed by atoms with E-state index in [1.54, 1.807) is 5.01 Å². The largest absolute Gasteiger partial charge is 0.508 e. The summed E-state index contributed by atoms with van der Waals surface area (Å²) >= 11 is 0. The molecule has 1 fully saturated rings. The van der Waals surface area contributed by atoms with Crippen LogP contribution in [0.25, 0.3) is 0 Å². The second kappa shape index (κ2) is 5.71. The third kappa shape index (κ3) is 3.03. The molecule has 0 aromatic heterocycles. The van der Waals surface area contributed by atoms with Crippen molar-refractivity contribution in [2.45, 2.75) is 18.9 Å². The number of nitrogens with zero attached hydrogens (tertiary/aromatic N) is 1. The third-order valence-electron chi connectivity index (χ3n) is 3.10. The highest BCUT2D eigenvalue weighted by Gasteiger charge is 2.32.